The highest BCUT2D eigenvalue weighted by Gasteiger charge is 2.19. The topological polar surface area (TPSA) is 77.7 Å². The number of anilines is 1. The summed E-state index contributed by atoms with van der Waals surface area (Å²) in [5, 5.41) is 3.91. The van der Waals surface area contributed by atoms with Crippen LogP contribution in [0.15, 0.2) is 47.3 Å². The molecule has 7 heteroatoms. The van der Waals surface area contributed by atoms with Crippen molar-refractivity contribution in [2.75, 3.05) is 38.6 Å². The lowest BCUT2D eigenvalue weighted by molar-refractivity contribution is 0.194. The van der Waals surface area contributed by atoms with Gasteiger partial charge in [0, 0.05) is 24.2 Å². The van der Waals surface area contributed by atoms with Gasteiger partial charge in [0.25, 0.3) is 5.56 Å². The van der Waals surface area contributed by atoms with Gasteiger partial charge in [-0.1, -0.05) is 26.0 Å². The molecule has 0 atom stereocenters. The fraction of sp³-hybridized carbons (Fsp3) is 0.385. The van der Waals surface area contributed by atoms with Crippen LogP contribution < -0.4 is 15.6 Å². The highest BCUT2D eigenvalue weighted by Crippen LogP contribution is 2.24. The minimum atomic E-state index is -0.272. The molecule has 0 saturated carbocycles. The van der Waals surface area contributed by atoms with Gasteiger partial charge in [-0.2, -0.15) is 0 Å². The zero-order valence-corrected chi connectivity index (χ0v) is 20.2. The zero-order valence-electron chi connectivity index (χ0n) is 20.2. The molecule has 0 saturated heterocycles. The maximum atomic E-state index is 13.3. The van der Waals surface area contributed by atoms with E-state index in [0.29, 0.717) is 23.5 Å². The van der Waals surface area contributed by atoms with Crippen LogP contribution >= 0.6 is 0 Å². The number of ether oxygens (including phenoxy) is 1. The van der Waals surface area contributed by atoms with Gasteiger partial charge < -0.3 is 24.8 Å². The van der Waals surface area contributed by atoms with Crippen LogP contribution in [0, 0.1) is 13.8 Å². The second kappa shape index (κ2) is 11.0. The van der Waals surface area contributed by atoms with E-state index < -0.39 is 0 Å². The Morgan fingerprint density at radius 3 is 2.42 bits per heavy atom. The minimum Gasteiger partial charge on any atom is -0.495 e. The van der Waals surface area contributed by atoms with Crippen molar-refractivity contribution in [1.29, 1.82) is 0 Å². The van der Waals surface area contributed by atoms with E-state index in [2.05, 4.69) is 42.0 Å². The number of pyridine rings is 1. The van der Waals surface area contributed by atoms with Crippen LogP contribution in [0.2, 0.25) is 0 Å². The van der Waals surface area contributed by atoms with Crippen molar-refractivity contribution in [1.82, 2.24) is 14.8 Å². The zero-order chi connectivity index (χ0) is 24.0. The Balaban J connectivity index is 1.90. The van der Waals surface area contributed by atoms with Gasteiger partial charge in [-0.05, 0) is 73.8 Å². The lowest BCUT2D eigenvalue weighted by Crippen LogP contribution is -2.41. The number of para-hydroxylation sites is 2. The molecule has 0 fully saturated rings. The molecule has 3 aromatic rings. The van der Waals surface area contributed by atoms with Crippen molar-refractivity contribution in [2.24, 2.45) is 0 Å². The Kier molecular flexibility index (Phi) is 8.11. The molecule has 0 radical (unpaired) electrons. The molecule has 1 heterocycles. The molecule has 2 N–H and O–H groups in total. The summed E-state index contributed by atoms with van der Waals surface area (Å²) in [7, 11) is 1.57. The number of aryl methyl sites for hydroxylation is 2. The van der Waals surface area contributed by atoms with E-state index >= 15 is 0 Å². The monoisotopic (exact) mass is 450 g/mol. The van der Waals surface area contributed by atoms with Gasteiger partial charge in [0.15, 0.2) is 0 Å². The quantitative estimate of drug-likeness (QED) is 0.502. The number of amides is 2. The van der Waals surface area contributed by atoms with Gasteiger partial charge in [0.1, 0.15) is 5.75 Å². The molecule has 3 rings (SSSR count). The first-order valence-corrected chi connectivity index (χ1v) is 11.4. The molecule has 0 unspecified atom stereocenters. The molecule has 0 spiro atoms. The number of rotatable bonds is 9. The predicted molar refractivity (Wildman–Crippen MR) is 134 cm³/mol. The molecular formula is C26H34N4O3. The number of carbonyl (C=O) groups excluding carboxylic acids is 1. The SMILES string of the molecule is CCN(CC)CCN(Cc1cc2cc(C)c(C)cc2[nH]c1=O)C(=O)Nc1ccccc1OC. The smallest absolute Gasteiger partial charge is 0.322 e. The van der Waals surface area contributed by atoms with Gasteiger partial charge in [-0.3, -0.25) is 4.79 Å². The number of urea groups is 1. The molecule has 0 bridgehead atoms. The predicted octanol–water partition coefficient (Wildman–Crippen LogP) is 4.53. The van der Waals surface area contributed by atoms with Gasteiger partial charge >= 0.3 is 6.03 Å². The highest BCUT2D eigenvalue weighted by atomic mass is 16.5. The van der Waals surface area contributed by atoms with Crippen LogP contribution in [0.25, 0.3) is 10.9 Å². The third kappa shape index (κ3) is 5.93. The summed E-state index contributed by atoms with van der Waals surface area (Å²) in [6.07, 6.45) is 0. The molecule has 7 nitrogen and oxygen atoms in total. The average molecular weight is 451 g/mol. The third-order valence-corrected chi connectivity index (χ3v) is 6.11. The Morgan fingerprint density at radius 1 is 1.03 bits per heavy atom. The number of nitrogens with one attached hydrogen (secondary N) is 2. The summed E-state index contributed by atoms with van der Waals surface area (Å²) < 4.78 is 5.37. The number of methoxy groups -OCH3 is 1. The maximum absolute atomic E-state index is 13.3. The maximum Gasteiger partial charge on any atom is 0.322 e. The number of likely N-dealkylation sites (N-methyl/N-ethyl adjacent to an activating group) is 1. The van der Waals surface area contributed by atoms with Gasteiger partial charge in [-0.25, -0.2) is 4.79 Å². The van der Waals surface area contributed by atoms with E-state index in [4.69, 9.17) is 4.74 Å². The number of hydrogen-bond donors (Lipinski definition) is 2. The van der Waals surface area contributed by atoms with Crippen molar-refractivity contribution >= 4 is 22.6 Å². The molecule has 1 aromatic heterocycles. The summed E-state index contributed by atoms with van der Waals surface area (Å²) in [5.41, 5.74) is 4.07. The van der Waals surface area contributed by atoms with Crippen LogP contribution in [0.1, 0.15) is 30.5 Å². The molecular weight excluding hydrogens is 416 g/mol. The van der Waals surface area contributed by atoms with Crippen molar-refractivity contribution in [3.8, 4) is 5.75 Å². The molecule has 0 aliphatic heterocycles. The number of nitrogens with zero attached hydrogens (tertiary/aromatic N) is 2. The highest BCUT2D eigenvalue weighted by molar-refractivity contribution is 5.91. The number of carbonyl (C=O) groups is 1. The van der Waals surface area contributed by atoms with Crippen molar-refractivity contribution in [3.05, 3.63) is 69.5 Å². The van der Waals surface area contributed by atoms with Crippen molar-refractivity contribution < 1.29 is 9.53 Å². The average Bonchev–Trinajstić information content (AvgIpc) is 2.80. The first-order valence-electron chi connectivity index (χ1n) is 11.4. The Hall–Kier alpha value is -3.32. The van der Waals surface area contributed by atoms with Crippen LogP contribution in [-0.2, 0) is 6.54 Å². The first kappa shape index (κ1) is 24.3. The van der Waals surface area contributed by atoms with E-state index in [1.54, 1.807) is 24.1 Å². The molecule has 0 aliphatic rings. The van der Waals surface area contributed by atoms with Crippen LogP contribution in [0.4, 0.5) is 10.5 Å². The van der Waals surface area contributed by atoms with Crippen LogP contribution in [-0.4, -0.2) is 54.1 Å². The van der Waals surface area contributed by atoms with Gasteiger partial charge in [0.2, 0.25) is 0 Å². The molecule has 2 aromatic carbocycles. The van der Waals surface area contributed by atoms with E-state index in [1.165, 1.54) is 0 Å². The lowest BCUT2D eigenvalue weighted by atomic mass is 10.0. The number of aromatic amines is 1. The minimum absolute atomic E-state index is 0.177. The summed E-state index contributed by atoms with van der Waals surface area (Å²) >= 11 is 0. The van der Waals surface area contributed by atoms with E-state index in [1.807, 2.05) is 31.2 Å². The standard InChI is InChI=1S/C26H34N4O3/c1-6-29(7-2)12-13-30(26(32)28-22-10-8-9-11-24(22)33-5)17-21-16-20-14-18(3)19(4)15-23(20)27-25(21)31/h8-11,14-16H,6-7,12-13,17H2,1-5H3,(H,27,31)(H,28,32). The van der Waals surface area contributed by atoms with Crippen LogP contribution in [0.3, 0.4) is 0 Å². The number of benzene rings is 2. The molecule has 176 valence electrons. The Bertz CT molecular complexity index is 1170. The summed E-state index contributed by atoms with van der Waals surface area (Å²) in [6, 6.07) is 13.0. The van der Waals surface area contributed by atoms with Gasteiger partial charge in [-0.15, -0.1) is 0 Å². The van der Waals surface area contributed by atoms with Crippen LogP contribution in [0.5, 0.6) is 5.75 Å². The second-order valence-corrected chi connectivity index (χ2v) is 8.23. The second-order valence-electron chi connectivity index (χ2n) is 8.23. The molecule has 0 aliphatic carbocycles. The largest absolute Gasteiger partial charge is 0.495 e. The first-order chi connectivity index (χ1) is 15.9. The number of aromatic nitrogens is 1. The summed E-state index contributed by atoms with van der Waals surface area (Å²) in [4.78, 5) is 33.0. The number of fused-ring (bicyclic) bond motifs is 1. The summed E-state index contributed by atoms with van der Waals surface area (Å²) in [5.74, 6) is 0.587. The molecule has 2 amide bonds. The van der Waals surface area contributed by atoms with Crippen molar-refractivity contribution in [2.45, 2.75) is 34.2 Å². The Morgan fingerprint density at radius 2 is 1.73 bits per heavy atom. The number of hydrogen-bond acceptors (Lipinski definition) is 4. The van der Waals surface area contributed by atoms with Gasteiger partial charge in [0.05, 0.1) is 19.3 Å². The lowest BCUT2D eigenvalue weighted by Gasteiger charge is -2.27. The van der Waals surface area contributed by atoms with E-state index in [0.717, 1.165) is 41.7 Å². The fourth-order valence-corrected chi connectivity index (χ4v) is 3.84. The Labute approximate surface area is 195 Å². The van der Waals surface area contributed by atoms with Crippen molar-refractivity contribution in [3.63, 3.8) is 0 Å². The number of H-pyrrole nitrogens is 1. The fourth-order valence-electron chi connectivity index (χ4n) is 3.84. The van der Waals surface area contributed by atoms with E-state index in [-0.39, 0.29) is 18.1 Å². The van der Waals surface area contributed by atoms with E-state index in [9.17, 15) is 9.59 Å². The normalized spacial score (nSPS) is 11.1. The summed E-state index contributed by atoms with van der Waals surface area (Å²) in [6.45, 7) is 11.5. The molecule has 33 heavy (non-hydrogen) atoms. The third-order valence-electron chi connectivity index (χ3n) is 6.11.